The summed E-state index contributed by atoms with van der Waals surface area (Å²) in [5.41, 5.74) is 1.57. The zero-order valence-electron chi connectivity index (χ0n) is 12.2. The number of hydrogen-bond acceptors (Lipinski definition) is 2. The van der Waals surface area contributed by atoms with E-state index in [-0.39, 0.29) is 11.8 Å². The zero-order chi connectivity index (χ0) is 15.9. The molecule has 4 nitrogen and oxygen atoms in total. The molecule has 0 aromatic heterocycles. The Morgan fingerprint density at radius 2 is 1.82 bits per heavy atom. The number of benzene rings is 2. The Balaban J connectivity index is 2.10. The number of rotatable bonds is 5. The molecule has 5 heteroatoms. The van der Waals surface area contributed by atoms with Crippen molar-refractivity contribution in [1.29, 1.82) is 0 Å². The summed E-state index contributed by atoms with van der Waals surface area (Å²) >= 11 is 5.90. The van der Waals surface area contributed by atoms with Crippen LogP contribution in [0.25, 0.3) is 0 Å². The summed E-state index contributed by atoms with van der Waals surface area (Å²) < 4.78 is 0. The molecule has 0 saturated carbocycles. The van der Waals surface area contributed by atoms with E-state index in [4.69, 9.17) is 11.6 Å². The van der Waals surface area contributed by atoms with E-state index in [0.717, 1.165) is 5.56 Å². The highest BCUT2D eigenvalue weighted by Gasteiger charge is 2.20. The summed E-state index contributed by atoms with van der Waals surface area (Å²) in [6.45, 7) is 1.39. The molecule has 2 amide bonds. The fourth-order valence-corrected chi connectivity index (χ4v) is 2.29. The Kier molecular flexibility index (Phi) is 5.55. The molecule has 114 valence electrons. The number of carbonyl (C=O) groups excluding carboxylic acids is 2. The van der Waals surface area contributed by atoms with Gasteiger partial charge in [0, 0.05) is 24.1 Å². The van der Waals surface area contributed by atoms with Gasteiger partial charge in [-0.1, -0.05) is 48.0 Å². The van der Waals surface area contributed by atoms with Crippen LogP contribution < -0.4 is 10.6 Å². The largest absolute Gasteiger partial charge is 0.344 e. The molecule has 0 saturated heterocycles. The lowest BCUT2D eigenvalue weighted by atomic mass is 10.1. The molecule has 0 aliphatic rings. The van der Waals surface area contributed by atoms with Crippen molar-refractivity contribution in [2.24, 2.45) is 0 Å². The van der Waals surface area contributed by atoms with Crippen LogP contribution in [0.15, 0.2) is 54.6 Å². The molecule has 0 aliphatic carbocycles. The lowest BCUT2D eigenvalue weighted by Crippen LogP contribution is -2.44. The average Bonchev–Trinajstić information content (AvgIpc) is 2.47. The van der Waals surface area contributed by atoms with Gasteiger partial charge in [-0.05, 0) is 23.8 Å². The first-order valence-electron chi connectivity index (χ1n) is 6.92. The van der Waals surface area contributed by atoms with Crippen LogP contribution in [0.2, 0.25) is 5.02 Å². The summed E-state index contributed by atoms with van der Waals surface area (Å²) in [6, 6.07) is 15.8. The number of anilines is 1. The second-order valence-electron chi connectivity index (χ2n) is 4.94. The first-order valence-corrected chi connectivity index (χ1v) is 7.30. The summed E-state index contributed by atoms with van der Waals surface area (Å²) in [7, 11) is 0. The van der Waals surface area contributed by atoms with Crippen LogP contribution in [0.5, 0.6) is 0 Å². The molecular weight excluding hydrogens is 300 g/mol. The number of amides is 2. The third-order valence-corrected chi connectivity index (χ3v) is 3.30. The van der Waals surface area contributed by atoms with Gasteiger partial charge in [0.05, 0.1) is 0 Å². The second kappa shape index (κ2) is 7.61. The van der Waals surface area contributed by atoms with Gasteiger partial charge < -0.3 is 10.6 Å². The summed E-state index contributed by atoms with van der Waals surface area (Å²) in [4.78, 5) is 23.7. The van der Waals surface area contributed by atoms with Crippen LogP contribution in [0.1, 0.15) is 12.5 Å². The van der Waals surface area contributed by atoms with E-state index in [0.29, 0.717) is 17.1 Å². The average molecular weight is 317 g/mol. The van der Waals surface area contributed by atoms with Crippen molar-refractivity contribution in [3.05, 3.63) is 65.2 Å². The molecule has 0 heterocycles. The number of halogens is 1. The van der Waals surface area contributed by atoms with Crippen molar-refractivity contribution >= 4 is 29.1 Å². The Hall–Kier alpha value is -2.33. The van der Waals surface area contributed by atoms with Gasteiger partial charge in [-0.3, -0.25) is 9.59 Å². The van der Waals surface area contributed by atoms with Gasteiger partial charge in [0.2, 0.25) is 11.8 Å². The van der Waals surface area contributed by atoms with Crippen molar-refractivity contribution in [3.63, 3.8) is 0 Å². The first kappa shape index (κ1) is 16.0. The number of nitrogens with one attached hydrogen (secondary N) is 2. The van der Waals surface area contributed by atoms with Gasteiger partial charge in [0.1, 0.15) is 6.04 Å². The molecule has 2 N–H and O–H groups in total. The van der Waals surface area contributed by atoms with Crippen molar-refractivity contribution in [3.8, 4) is 0 Å². The lowest BCUT2D eigenvalue weighted by Gasteiger charge is -2.18. The molecule has 2 aromatic rings. The maximum atomic E-state index is 12.4. The van der Waals surface area contributed by atoms with Crippen molar-refractivity contribution in [2.75, 3.05) is 5.32 Å². The molecule has 2 aromatic carbocycles. The Bertz CT molecular complexity index is 659. The molecule has 1 atom stereocenters. The molecule has 0 aliphatic heterocycles. The van der Waals surface area contributed by atoms with E-state index in [9.17, 15) is 9.59 Å². The van der Waals surface area contributed by atoms with Gasteiger partial charge in [-0.2, -0.15) is 0 Å². The maximum absolute atomic E-state index is 12.4. The highest BCUT2D eigenvalue weighted by atomic mass is 35.5. The molecule has 0 spiro atoms. The van der Waals surface area contributed by atoms with E-state index in [1.165, 1.54) is 6.92 Å². The van der Waals surface area contributed by atoms with Crippen LogP contribution >= 0.6 is 11.6 Å². The Morgan fingerprint density at radius 3 is 2.45 bits per heavy atom. The van der Waals surface area contributed by atoms with E-state index in [2.05, 4.69) is 10.6 Å². The topological polar surface area (TPSA) is 58.2 Å². The lowest BCUT2D eigenvalue weighted by molar-refractivity contribution is -0.125. The minimum absolute atomic E-state index is 0.248. The number of carbonyl (C=O) groups is 2. The molecule has 0 radical (unpaired) electrons. The van der Waals surface area contributed by atoms with Crippen molar-refractivity contribution in [1.82, 2.24) is 5.32 Å². The minimum Gasteiger partial charge on any atom is -0.344 e. The summed E-state index contributed by atoms with van der Waals surface area (Å²) in [5, 5.41) is 5.99. The number of hydrogen-bond donors (Lipinski definition) is 2. The monoisotopic (exact) mass is 316 g/mol. The normalized spacial score (nSPS) is 11.5. The fourth-order valence-electron chi connectivity index (χ4n) is 2.10. The van der Waals surface area contributed by atoms with Crippen LogP contribution in [-0.2, 0) is 16.0 Å². The molecular formula is C17H17ClN2O2. The predicted molar refractivity (Wildman–Crippen MR) is 87.8 cm³/mol. The van der Waals surface area contributed by atoms with E-state index in [1.807, 2.05) is 30.3 Å². The highest BCUT2D eigenvalue weighted by Crippen LogP contribution is 2.15. The zero-order valence-corrected chi connectivity index (χ0v) is 12.9. The van der Waals surface area contributed by atoms with E-state index in [1.54, 1.807) is 24.3 Å². The Morgan fingerprint density at radius 1 is 1.09 bits per heavy atom. The Labute approximate surface area is 134 Å². The first-order chi connectivity index (χ1) is 10.5. The maximum Gasteiger partial charge on any atom is 0.247 e. The van der Waals surface area contributed by atoms with Crippen LogP contribution in [-0.4, -0.2) is 17.9 Å². The van der Waals surface area contributed by atoms with Crippen LogP contribution in [0.4, 0.5) is 5.69 Å². The minimum atomic E-state index is -0.640. The summed E-state index contributed by atoms with van der Waals surface area (Å²) in [5.74, 6) is -0.525. The van der Waals surface area contributed by atoms with Crippen molar-refractivity contribution in [2.45, 2.75) is 19.4 Å². The van der Waals surface area contributed by atoms with Crippen molar-refractivity contribution < 1.29 is 9.59 Å². The van der Waals surface area contributed by atoms with Crippen LogP contribution in [0, 0.1) is 0 Å². The molecule has 22 heavy (non-hydrogen) atoms. The van der Waals surface area contributed by atoms with E-state index >= 15 is 0 Å². The SMILES string of the molecule is CC(=O)N[C@@H](Cc1ccccc1)C(=O)Nc1cccc(Cl)c1. The quantitative estimate of drug-likeness (QED) is 0.891. The van der Waals surface area contributed by atoms with Gasteiger partial charge in [-0.15, -0.1) is 0 Å². The molecule has 0 fully saturated rings. The van der Waals surface area contributed by atoms with Gasteiger partial charge >= 0.3 is 0 Å². The predicted octanol–water partition coefficient (Wildman–Crippen LogP) is 3.03. The third kappa shape index (κ3) is 4.90. The molecule has 2 rings (SSSR count). The fraction of sp³-hybridized carbons (Fsp3) is 0.176. The second-order valence-corrected chi connectivity index (χ2v) is 5.38. The molecule has 0 bridgehead atoms. The summed E-state index contributed by atoms with van der Waals surface area (Å²) in [6.07, 6.45) is 0.423. The van der Waals surface area contributed by atoms with E-state index < -0.39 is 6.04 Å². The third-order valence-electron chi connectivity index (χ3n) is 3.07. The molecule has 0 unspecified atom stereocenters. The van der Waals surface area contributed by atoms with Gasteiger partial charge in [0.25, 0.3) is 0 Å². The van der Waals surface area contributed by atoms with Crippen LogP contribution in [0.3, 0.4) is 0 Å². The standard InChI is InChI=1S/C17H17ClN2O2/c1-12(21)19-16(10-13-6-3-2-4-7-13)17(22)20-15-9-5-8-14(18)11-15/h2-9,11,16H,10H2,1H3,(H,19,21)(H,20,22)/t16-/m0/s1. The van der Waals surface area contributed by atoms with Gasteiger partial charge in [-0.25, -0.2) is 0 Å². The smallest absolute Gasteiger partial charge is 0.247 e. The highest BCUT2D eigenvalue weighted by molar-refractivity contribution is 6.30. The van der Waals surface area contributed by atoms with Gasteiger partial charge in [0.15, 0.2) is 0 Å².